The molecule has 1 aliphatic heterocycles. The number of carbonyl (C=O) groups is 2. The summed E-state index contributed by atoms with van der Waals surface area (Å²) in [6, 6.07) is 11.3. The van der Waals surface area contributed by atoms with Gasteiger partial charge in [0.05, 0.1) is 43.7 Å². The van der Waals surface area contributed by atoms with Crippen molar-refractivity contribution in [2.24, 2.45) is 0 Å². The predicted molar refractivity (Wildman–Crippen MR) is 157 cm³/mol. The number of anilines is 1. The number of thiazole rings is 1. The number of para-hydroxylation sites is 1. The van der Waals surface area contributed by atoms with Crippen LogP contribution in [0.1, 0.15) is 41.6 Å². The molecular weight excluding hydrogens is 550 g/mol. The van der Waals surface area contributed by atoms with Crippen LogP contribution in [0.4, 0.5) is 9.80 Å². The Morgan fingerprint density at radius 1 is 1.00 bits per heavy atom. The molecule has 4 aromatic rings. The van der Waals surface area contributed by atoms with E-state index in [2.05, 4.69) is 5.32 Å². The number of hydrogen-bond donors (Lipinski definition) is 1. The average molecular weight is 582 g/mol. The lowest BCUT2D eigenvalue weighted by molar-refractivity contribution is 0.102. The van der Waals surface area contributed by atoms with Gasteiger partial charge in [-0.05, 0) is 57.0 Å². The summed E-state index contributed by atoms with van der Waals surface area (Å²) in [5, 5.41) is 4.65. The molecular formula is C29H31N3O6S2. The number of hydrogen-bond acceptors (Lipinski definition) is 9. The van der Waals surface area contributed by atoms with Crippen LogP contribution in [-0.4, -0.2) is 55.4 Å². The Kier molecular flexibility index (Phi) is 8.41. The molecule has 5 rings (SSSR count). The Bertz CT molecular complexity index is 1490. The van der Waals surface area contributed by atoms with E-state index < -0.39 is 0 Å². The molecule has 0 atom stereocenters. The Morgan fingerprint density at radius 3 is 2.35 bits per heavy atom. The monoisotopic (exact) mass is 581 g/mol. The molecule has 0 saturated heterocycles. The largest absolute Gasteiger partial charge is 0.490 e. The first-order chi connectivity index (χ1) is 19.5. The maximum Gasteiger partial charge on any atom is 0.409 e. The molecule has 0 bridgehead atoms. The van der Waals surface area contributed by atoms with E-state index in [9.17, 15) is 9.59 Å². The minimum atomic E-state index is -0.368. The highest BCUT2D eigenvalue weighted by Crippen LogP contribution is 2.46. The van der Waals surface area contributed by atoms with E-state index in [1.165, 1.54) is 18.4 Å². The molecule has 0 fully saturated rings. The van der Waals surface area contributed by atoms with Gasteiger partial charge in [0.1, 0.15) is 10.0 Å². The van der Waals surface area contributed by atoms with Crippen LogP contribution in [0.2, 0.25) is 0 Å². The molecule has 40 heavy (non-hydrogen) atoms. The smallest absolute Gasteiger partial charge is 0.409 e. The van der Waals surface area contributed by atoms with E-state index >= 15 is 0 Å². The molecule has 2 amide bonds. The predicted octanol–water partition coefficient (Wildman–Crippen LogP) is 6.60. The lowest BCUT2D eigenvalue weighted by atomic mass is 10.0. The normalized spacial score (nSPS) is 12.7. The third-order valence-electron chi connectivity index (χ3n) is 6.40. The third kappa shape index (κ3) is 5.44. The highest BCUT2D eigenvalue weighted by molar-refractivity contribution is 7.23. The minimum absolute atomic E-state index is 0.310. The van der Waals surface area contributed by atoms with Crippen LogP contribution in [0.15, 0.2) is 36.4 Å². The average Bonchev–Trinajstić information content (AvgIpc) is 3.54. The number of benzene rings is 2. The molecule has 210 valence electrons. The van der Waals surface area contributed by atoms with Gasteiger partial charge in [-0.3, -0.25) is 4.79 Å². The van der Waals surface area contributed by atoms with Crippen molar-refractivity contribution in [2.75, 3.05) is 38.8 Å². The van der Waals surface area contributed by atoms with Crippen molar-refractivity contribution < 1.29 is 28.5 Å². The fraction of sp³-hybridized carbons (Fsp3) is 0.345. The number of rotatable bonds is 9. The molecule has 9 nitrogen and oxygen atoms in total. The van der Waals surface area contributed by atoms with Crippen LogP contribution < -0.4 is 19.5 Å². The summed E-state index contributed by atoms with van der Waals surface area (Å²) < 4.78 is 23.4. The van der Waals surface area contributed by atoms with Crippen molar-refractivity contribution in [1.82, 2.24) is 9.88 Å². The zero-order valence-corrected chi connectivity index (χ0v) is 24.5. The first kappa shape index (κ1) is 27.7. The quantitative estimate of drug-likeness (QED) is 0.238. The molecule has 1 aliphatic rings. The van der Waals surface area contributed by atoms with Crippen molar-refractivity contribution in [3.63, 3.8) is 0 Å². The van der Waals surface area contributed by atoms with Crippen molar-refractivity contribution >= 4 is 49.9 Å². The Hall–Kier alpha value is -3.83. The number of nitrogens with one attached hydrogen (secondary N) is 1. The van der Waals surface area contributed by atoms with Gasteiger partial charge in [-0.2, -0.15) is 0 Å². The van der Waals surface area contributed by atoms with Gasteiger partial charge < -0.3 is 29.2 Å². The van der Waals surface area contributed by atoms with Gasteiger partial charge in [0, 0.05) is 22.5 Å². The van der Waals surface area contributed by atoms with E-state index in [-0.39, 0.29) is 12.0 Å². The summed E-state index contributed by atoms with van der Waals surface area (Å²) in [7, 11) is 1.38. The maximum absolute atomic E-state index is 13.7. The first-order valence-corrected chi connectivity index (χ1v) is 14.8. The molecule has 0 radical (unpaired) electrons. The van der Waals surface area contributed by atoms with Crippen LogP contribution >= 0.6 is 22.7 Å². The zero-order chi connectivity index (χ0) is 28.2. The molecule has 0 spiro atoms. The molecule has 11 heteroatoms. The lowest BCUT2D eigenvalue weighted by Crippen LogP contribution is -2.35. The van der Waals surface area contributed by atoms with Crippen LogP contribution in [0.5, 0.6) is 17.2 Å². The number of ether oxygens (including phenoxy) is 4. The summed E-state index contributed by atoms with van der Waals surface area (Å²) in [6.45, 7) is 7.82. The number of amides is 2. The van der Waals surface area contributed by atoms with Gasteiger partial charge in [0.2, 0.25) is 5.75 Å². The van der Waals surface area contributed by atoms with Gasteiger partial charge in [-0.1, -0.05) is 12.1 Å². The Balaban J connectivity index is 1.56. The van der Waals surface area contributed by atoms with E-state index in [0.717, 1.165) is 31.2 Å². The summed E-state index contributed by atoms with van der Waals surface area (Å²) in [5.74, 6) is 1.07. The second kappa shape index (κ2) is 12.1. The van der Waals surface area contributed by atoms with E-state index in [1.54, 1.807) is 28.4 Å². The first-order valence-electron chi connectivity index (χ1n) is 13.2. The third-order valence-corrected chi connectivity index (χ3v) is 8.58. The fourth-order valence-electron chi connectivity index (χ4n) is 4.68. The van der Waals surface area contributed by atoms with E-state index in [4.69, 9.17) is 23.9 Å². The number of nitrogens with zero attached hydrogens (tertiary/aromatic N) is 2. The minimum Gasteiger partial charge on any atom is -0.490 e. The fourth-order valence-corrected chi connectivity index (χ4v) is 7.05. The van der Waals surface area contributed by atoms with Crippen LogP contribution in [0, 0.1) is 0 Å². The van der Waals surface area contributed by atoms with Gasteiger partial charge in [0.25, 0.3) is 5.91 Å². The second-order valence-corrected chi connectivity index (χ2v) is 11.0. The van der Waals surface area contributed by atoms with Crippen molar-refractivity contribution in [1.29, 1.82) is 0 Å². The molecule has 2 aromatic carbocycles. The van der Waals surface area contributed by atoms with Crippen LogP contribution in [0.25, 0.3) is 20.8 Å². The molecule has 0 saturated carbocycles. The second-order valence-electron chi connectivity index (χ2n) is 8.89. The maximum atomic E-state index is 13.7. The van der Waals surface area contributed by atoms with Gasteiger partial charge in [0.15, 0.2) is 11.5 Å². The molecule has 1 N–H and O–H groups in total. The summed E-state index contributed by atoms with van der Waals surface area (Å²) >= 11 is 3.04. The van der Waals surface area contributed by atoms with Crippen molar-refractivity contribution in [2.45, 2.75) is 33.7 Å². The van der Waals surface area contributed by atoms with Crippen LogP contribution in [0.3, 0.4) is 0 Å². The van der Waals surface area contributed by atoms with Gasteiger partial charge in [-0.25, -0.2) is 9.78 Å². The zero-order valence-electron chi connectivity index (χ0n) is 22.9. The van der Waals surface area contributed by atoms with Gasteiger partial charge in [-0.15, -0.1) is 22.7 Å². The van der Waals surface area contributed by atoms with Gasteiger partial charge >= 0.3 is 6.09 Å². The lowest BCUT2D eigenvalue weighted by Gasteiger charge is -2.25. The van der Waals surface area contributed by atoms with Crippen molar-refractivity contribution in [3.8, 4) is 27.8 Å². The highest BCUT2D eigenvalue weighted by atomic mass is 32.1. The number of aromatic nitrogens is 1. The summed E-state index contributed by atoms with van der Waals surface area (Å²) in [4.78, 5) is 33.5. The number of thiophene rings is 1. The van der Waals surface area contributed by atoms with Crippen LogP contribution in [-0.2, 0) is 17.7 Å². The molecule has 0 unspecified atom stereocenters. The summed E-state index contributed by atoms with van der Waals surface area (Å²) in [5.41, 5.74) is 3.28. The molecule has 3 heterocycles. The molecule has 0 aliphatic carbocycles. The summed E-state index contributed by atoms with van der Waals surface area (Å²) in [6.07, 6.45) is 0.265. The Labute approximate surface area is 240 Å². The van der Waals surface area contributed by atoms with E-state index in [0.29, 0.717) is 67.1 Å². The number of carbonyl (C=O) groups excluding carboxylic acids is 2. The number of fused-ring (bicyclic) bond motifs is 2. The topological polar surface area (TPSA) is 99.2 Å². The van der Waals surface area contributed by atoms with Crippen molar-refractivity contribution in [3.05, 3.63) is 52.4 Å². The molecule has 2 aromatic heterocycles. The van der Waals surface area contributed by atoms with E-state index in [1.807, 2.05) is 45.0 Å². The number of methoxy groups -OCH3 is 1. The Morgan fingerprint density at radius 2 is 1.70 bits per heavy atom. The SMILES string of the molecule is CCOc1cc(C(=O)Nc2sc3c(c2-c2nc4ccccc4s2)CCN(C(=O)OC)C3)cc(OCC)c1OCC. The highest BCUT2D eigenvalue weighted by Gasteiger charge is 2.30. The standard InChI is InChI=1S/C29H31N3O6S2/c1-5-36-20-14-17(15-21(37-6-2)25(20)38-7-3)26(33)31-28-24(27-30-19-10-8-9-11-22(19)39-27)18-12-13-32(29(34)35-4)16-23(18)40-28/h8-11,14-15H,5-7,12-13,16H2,1-4H3,(H,31,33).